The first-order chi connectivity index (χ1) is 26.6. The second-order valence-corrected chi connectivity index (χ2v) is 9.72. The zero-order valence-corrected chi connectivity index (χ0v) is 36.0. The topological polar surface area (TPSA) is 327 Å². The second-order valence-electron chi connectivity index (χ2n) is 9.72. The third-order valence-electron chi connectivity index (χ3n) is 5.98. The Balaban J connectivity index is -0.000000371. The summed E-state index contributed by atoms with van der Waals surface area (Å²) in [6.45, 7) is 4.24. The molecule has 0 aliphatic carbocycles. The molecule has 0 amide bonds. The number of para-hydroxylation sites is 2. The van der Waals surface area contributed by atoms with Crippen molar-refractivity contribution in [3.8, 4) is 46.0 Å². The smallest absolute Gasteiger partial charge is 0.872 e. The molecule has 0 spiro atoms. The van der Waals surface area contributed by atoms with Crippen molar-refractivity contribution in [1.29, 1.82) is 0 Å². The van der Waals surface area contributed by atoms with E-state index in [0.29, 0.717) is 33.8 Å². The summed E-state index contributed by atoms with van der Waals surface area (Å²) in [5.41, 5.74) is 1.87. The number of methoxy groups -OCH3 is 4. The molecule has 4 aromatic rings. The Morgan fingerprint density at radius 2 is 0.862 bits per heavy atom. The van der Waals surface area contributed by atoms with Crippen molar-refractivity contribution >= 4 is 12.4 Å². The van der Waals surface area contributed by atoms with E-state index in [1.54, 1.807) is 74.5 Å². The van der Waals surface area contributed by atoms with Crippen molar-refractivity contribution in [3.05, 3.63) is 126 Å². The maximum Gasteiger partial charge on any atom is 3.00 e. The van der Waals surface area contributed by atoms with Gasteiger partial charge in [-0.25, -0.2) is 0 Å². The van der Waals surface area contributed by atoms with Crippen molar-refractivity contribution < 1.29 is 136 Å². The number of hydrogen-bond acceptors (Lipinski definition) is 18. The molecule has 0 unspecified atom stereocenters. The van der Waals surface area contributed by atoms with Gasteiger partial charge in [0.15, 0.2) is 0 Å². The van der Waals surface area contributed by atoms with Crippen LogP contribution in [0.4, 0.5) is 0 Å². The Bertz CT molecular complexity index is 1660. The Morgan fingerprint density at radius 3 is 1.12 bits per heavy atom. The zero-order chi connectivity index (χ0) is 43.1. The van der Waals surface area contributed by atoms with Crippen LogP contribution in [0.2, 0.25) is 0 Å². The Hall–Kier alpha value is -4.51. The number of aliphatic hydroxyl groups is 2. The quantitative estimate of drug-likeness (QED) is 0.131. The summed E-state index contributed by atoms with van der Waals surface area (Å²) >= 11 is 0. The molecule has 0 aliphatic heterocycles. The SMILES string of the molecule is CCO.CCO.COc1ccc([O-])c(C=NCc2cccc(OC)c2[O-])c1.COc1ccc([O-])c(C=NCc2cccc(OC)c2[O-])c1.O=[N+]([O-])[O-].O=[N+]([O-])[O-].[Dy+3].[Dy+3]. The van der Waals surface area contributed by atoms with Gasteiger partial charge in [-0.2, -0.15) is 0 Å². The molecule has 4 rings (SSSR count). The van der Waals surface area contributed by atoms with Crippen LogP contribution in [0.15, 0.2) is 82.8 Å². The molecule has 20 nitrogen and oxygen atoms in total. The Labute approximate surface area is 395 Å². The van der Waals surface area contributed by atoms with Crippen molar-refractivity contribution in [1.82, 2.24) is 0 Å². The number of benzene rings is 4. The predicted molar refractivity (Wildman–Crippen MR) is 199 cm³/mol. The van der Waals surface area contributed by atoms with Gasteiger partial charge in [-0.1, -0.05) is 59.4 Å². The van der Waals surface area contributed by atoms with E-state index >= 15 is 0 Å². The summed E-state index contributed by atoms with van der Waals surface area (Å²) in [6, 6.07) is 19.3. The van der Waals surface area contributed by atoms with Crippen molar-refractivity contribution in [2.45, 2.75) is 26.9 Å². The van der Waals surface area contributed by atoms with E-state index in [-0.39, 0.29) is 137 Å². The Morgan fingerprint density at radius 1 is 0.569 bits per heavy atom. The van der Waals surface area contributed by atoms with Crippen LogP contribution >= 0.6 is 0 Å². The molecule has 0 saturated carbocycles. The standard InChI is InChI=1S/2C16H17NO4.2C2H6O.2Dy.2NO3/c2*1-20-13-6-7-14(18)12(8-13)10-17-9-11-4-3-5-15(21-2)16(11)19;2*1-2-3;;;2*2-1(3)4/h2*3-8,10,18-19H,9H2,1-2H3;2*3H,2H2,1H3;;;;/q;;;;2*+3;2*-1/p-4. The van der Waals surface area contributed by atoms with Gasteiger partial charge in [0.05, 0.1) is 51.7 Å². The minimum atomic E-state index is -1.75. The van der Waals surface area contributed by atoms with Gasteiger partial charge in [-0.05, 0) is 72.5 Å². The molecular weight excluding hydrogens is 1070 g/mol. The normalized spacial score (nSPS) is 9.24. The van der Waals surface area contributed by atoms with E-state index in [2.05, 4.69) is 9.98 Å². The minimum Gasteiger partial charge on any atom is -0.872 e. The van der Waals surface area contributed by atoms with Gasteiger partial charge in [0, 0.05) is 25.6 Å². The molecule has 0 aliphatic rings. The molecule has 4 aromatic carbocycles. The zero-order valence-electron chi connectivity index (χ0n) is 31.9. The van der Waals surface area contributed by atoms with Crippen molar-refractivity contribution in [2.24, 2.45) is 9.98 Å². The molecule has 2 N–H and O–H groups in total. The number of hydrogen-bond donors (Lipinski definition) is 2. The van der Waals surface area contributed by atoms with Crippen LogP contribution in [0.3, 0.4) is 0 Å². The Kier molecular flexibility index (Phi) is 38.2. The van der Waals surface area contributed by atoms with Gasteiger partial charge < -0.3 is 80.2 Å². The predicted octanol–water partition coefficient (Wildman–Crippen LogP) is 2.46. The summed E-state index contributed by atoms with van der Waals surface area (Å²) in [7, 11) is 5.95. The van der Waals surface area contributed by atoms with E-state index in [1.165, 1.54) is 53.0 Å². The van der Waals surface area contributed by atoms with Gasteiger partial charge in [0.2, 0.25) is 0 Å². The number of rotatable bonds is 10. The molecule has 0 fully saturated rings. The van der Waals surface area contributed by atoms with Crippen molar-refractivity contribution in [2.75, 3.05) is 41.7 Å². The van der Waals surface area contributed by atoms with Gasteiger partial charge >= 0.3 is 76.3 Å². The number of ether oxygens (including phenoxy) is 4. The molecule has 0 heterocycles. The molecule has 0 atom stereocenters. The van der Waals surface area contributed by atoms with Crippen LogP contribution in [0, 0.1) is 107 Å². The average Bonchev–Trinajstić information content (AvgIpc) is 3.15. The average molecular weight is 1110 g/mol. The van der Waals surface area contributed by atoms with E-state index in [1.807, 2.05) is 0 Å². The minimum absolute atomic E-state index is 0. The fraction of sp³-hybridized carbons (Fsp3) is 0.278. The fourth-order valence-electron chi connectivity index (χ4n) is 3.69. The molecule has 2 radical (unpaired) electrons. The molecule has 0 aromatic heterocycles. The van der Waals surface area contributed by atoms with Crippen molar-refractivity contribution in [3.63, 3.8) is 0 Å². The van der Waals surface area contributed by atoms with Gasteiger partial charge in [0.1, 0.15) is 23.0 Å². The molecule has 58 heavy (non-hydrogen) atoms. The largest absolute Gasteiger partial charge is 3.00 e. The first kappa shape index (κ1) is 60.2. The second kappa shape index (κ2) is 36.8. The van der Waals surface area contributed by atoms with Crippen LogP contribution in [-0.2, 0) is 13.1 Å². The monoisotopic (exact) mass is 1110 g/mol. The van der Waals surface area contributed by atoms with E-state index in [9.17, 15) is 20.4 Å². The summed E-state index contributed by atoms with van der Waals surface area (Å²) in [4.78, 5) is 24.8. The molecule has 0 bridgehead atoms. The maximum absolute atomic E-state index is 11.9. The van der Waals surface area contributed by atoms with E-state index in [0.717, 1.165) is 0 Å². The molecule has 322 valence electrons. The first-order valence-corrected chi connectivity index (χ1v) is 15.8. The summed E-state index contributed by atoms with van der Waals surface area (Å²) in [5, 5.41) is 91.8. The van der Waals surface area contributed by atoms with Crippen LogP contribution in [0.5, 0.6) is 46.0 Å². The van der Waals surface area contributed by atoms with Crippen LogP contribution in [-0.4, -0.2) is 74.5 Å². The third kappa shape index (κ3) is 27.2. The van der Waals surface area contributed by atoms with Gasteiger partial charge in [-0.3, -0.25) is 9.98 Å². The van der Waals surface area contributed by atoms with E-state index in [4.69, 9.17) is 59.8 Å². The summed E-state index contributed by atoms with van der Waals surface area (Å²) < 4.78 is 20.1. The van der Waals surface area contributed by atoms with Gasteiger partial charge in [0.25, 0.3) is 0 Å². The van der Waals surface area contributed by atoms with Gasteiger partial charge in [-0.15, -0.1) is 0 Å². The van der Waals surface area contributed by atoms with Crippen LogP contribution in [0.1, 0.15) is 36.1 Å². The third-order valence-corrected chi connectivity index (χ3v) is 5.98. The number of aliphatic hydroxyl groups excluding tert-OH is 2. The summed E-state index contributed by atoms with van der Waals surface area (Å²) in [5.74, 6) is 1.07. The maximum atomic E-state index is 11.9. The fourth-order valence-corrected chi connectivity index (χ4v) is 3.69. The molecule has 22 heteroatoms. The number of aliphatic imine (C=N–C) groups is 2. The van der Waals surface area contributed by atoms with E-state index < -0.39 is 10.2 Å². The molecule has 0 saturated heterocycles. The van der Waals surface area contributed by atoms with Crippen LogP contribution in [0.25, 0.3) is 0 Å². The summed E-state index contributed by atoms with van der Waals surface area (Å²) in [6.07, 6.45) is 2.90. The first-order valence-electron chi connectivity index (χ1n) is 15.8. The van der Waals surface area contributed by atoms with Crippen LogP contribution < -0.4 is 39.4 Å². The number of nitrogens with zero attached hydrogens (tertiary/aromatic N) is 4. The molecular formula is C36H42Dy2N4O16.